The zero-order valence-electron chi connectivity index (χ0n) is 20.7. The molecule has 6 rings (SSSR count). The van der Waals surface area contributed by atoms with Crippen LogP contribution in [0.25, 0.3) is 33.4 Å². The van der Waals surface area contributed by atoms with E-state index in [2.05, 4.69) is 30.3 Å². The Balaban J connectivity index is 1.23. The highest BCUT2D eigenvalue weighted by Crippen LogP contribution is 2.30. The van der Waals surface area contributed by atoms with Crippen molar-refractivity contribution in [1.82, 2.24) is 15.1 Å². The second-order valence-corrected chi connectivity index (χ2v) is 9.37. The summed E-state index contributed by atoms with van der Waals surface area (Å²) in [4.78, 5) is 43.2. The molecule has 40 heavy (non-hydrogen) atoms. The number of para-hydroxylation sites is 1. The van der Waals surface area contributed by atoms with E-state index in [0.717, 1.165) is 16.5 Å². The van der Waals surface area contributed by atoms with E-state index in [4.69, 9.17) is 11.6 Å². The Morgan fingerprint density at radius 2 is 1.50 bits per heavy atom. The number of aromatic amines is 2. The highest BCUT2D eigenvalue weighted by Gasteiger charge is 2.17. The molecule has 9 nitrogen and oxygen atoms in total. The molecule has 0 aliphatic rings. The van der Waals surface area contributed by atoms with Crippen molar-refractivity contribution < 1.29 is 14.1 Å². The number of nitrogens with one attached hydrogen (secondary N) is 4. The SMILES string of the molecule is O=C(Nc1cccc2cc(C(=O)Nc3ccc(Cl)cc3-c3noc(=O)[nH]3)[nH]c12)c1ccc(-c2ccccc2)cc1. The number of anilines is 2. The van der Waals surface area contributed by atoms with E-state index in [1.54, 1.807) is 48.5 Å². The Labute approximate surface area is 231 Å². The number of fused-ring (bicyclic) bond motifs is 1. The van der Waals surface area contributed by atoms with Crippen LogP contribution in [0, 0.1) is 0 Å². The Hall–Kier alpha value is -5.41. The molecule has 0 saturated heterocycles. The van der Waals surface area contributed by atoms with Gasteiger partial charge in [0.05, 0.1) is 16.9 Å². The molecule has 4 N–H and O–H groups in total. The van der Waals surface area contributed by atoms with Crippen LogP contribution in [-0.4, -0.2) is 26.9 Å². The molecule has 196 valence electrons. The number of rotatable bonds is 6. The highest BCUT2D eigenvalue weighted by molar-refractivity contribution is 6.31. The highest BCUT2D eigenvalue weighted by atomic mass is 35.5. The van der Waals surface area contributed by atoms with E-state index in [9.17, 15) is 14.4 Å². The molecule has 6 aromatic rings. The summed E-state index contributed by atoms with van der Waals surface area (Å²) in [5.41, 5.74) is 4.72. The average molecular weight is 550 g/mol. The summed E-state index contributed by atoms with van der Waals surface area (Å²) in [5.74, 6) is -1.33. The van der Waals surface area contributed by atoms with Gasteiger partial charge in [0.1, 0.15) is 5.69 Å². The average Bonchev–Trinajstić information content (AvgIpc) is 3.62. The number of hydrogen-bond donors (Lipinski definition) is 4. The van der Waals surface area contributed by atoms with Crippen LogP contribution in [0.5, 0.6) is 0 Å². The number of amides is 2. The predicted octanol–water partition coefficient (Wildman–Crippen LogP) is 6.34. The first kappa shape index (κ1) is 24.9. The number of nitrogens with zero attached hydrogens (tertiary/aromatic N) is 1. The zero-order valence-corrected chi connectivity index (χ0v) is 21.5. The fourth-order valence-electron chi connectivity index (χ4n) is 4.38. The molecular formula is C30H20ClN5O4. The van der Waals surface area contributed by atoms with Crippen molar-refractivity contribution in [2.75, 3.05) is 10.6 Å². The van der Waals surface area contributed by atoms with Crippen LogP contribution in [-0.2, 0) is 0 Å². The Morgan fingerprint density at radius 3 is 2.25 bits per heavy atom. The van der Waals surface area contributed by atoms with E-state index in [1.807, 2.05) is 48.5 Å². The van der Waals surface area contributed by atoms with Gasteiger partial charge in [0.2, 0.25) is 0 Å². The van der Waals surface area contributed by atoms with Gasteiger partial charge in [-0.3, -0.25) is 19.1 Å². The minimum Gasteiger partial charge on any atom is -0.349 e. The van der Waals surface area contributed by atoms with Gasteiger partial charge >= 0.3 is 5.76 Å². The maximum atomic E-state index is 13.2. The van der Waals surface area contributed by atoms with E-state index in [0.29, 0.717) is 33.0 Å². The van der Waals surface area contributed by atoms with Crippen LogP contribution < -0.4 is 16.4 Å². The molecule has 2 heterocycles. The van der Waals surface area contributed by atoms with Crippen molar-refractivity contribution in [2.45, 2.75) is 0 Å². The summed E-state index contributed by atoms with van der Waals surface area (Å²) in [6, 6.07) is 29.1. The van der Waals surface area contributed by atoms with Crippen molar-refractivity contribution in [3.05, 3.63) is 124 Å². The third-order valence-corrected chi connectivity index (χ3v) is 6.56. The van der Waals surface area contributed by atoms with Crippen molar-refractivity contribution >= 4 is 45.7 Å². The van der Waals surface area contributed by atoms with Crippen LogP contribution >= 0.6 is 11.6 Å². The molecule has 0 saturated carbocycles. The molecule has 0 radical (unpaired) electrons. The monoisotopic (exact) mass is 549 g/mol. The first-order chi connectivity index (χ1) is 19.4. The summed E-state index contributed by atoms with van der Waals surface area (Å²) >= 11 is 6.12. The molecule has 4 aromatic carbocycles. The van der Waals surface area contributed by atoms with Crippen molar-refractivity contribution in [1.29, 1.82) is 0 Å². The quantitative estimate of drug-likeness (QED) is 0.192. The molecule has 0 unspecified atom stereocenters. The molecule has 0 aliphatic heterocycles. The van der Waals surface area contributed by atoms with E-state index in [1.165, 1.54) is 0 Å². The number of carbonyl (C=O) groups excluding carboxylic acids is 2. The molecule has 0 bridgehead atoms. The normalized spacial score (nSPS) is 10.9. The number of carbonyl (C=O) groups is 2. The van der Waals surface area contributed by atoms with E-state index >= 15 is 0 Å². The van der Waals surface area contributed by atoms with Gasteiger partial charge in [0, 0.05) is 21.5 Å². The summed E-state index contributed by atoms with van der Waals surface area (Å²) in [6.07, 6.45) is 0. The van der Waals surface area contributed by atoms with Crippen LogP contribution in [0.1, 0.15) is 20.8 Å². The van der Waals surface area contributed by atoms with E-state index < -0.39 is 11.7 Å². The number of halogens is 1. The summed E-state index contributed by atoms with van der Waals surface area (Å²) in [7, 11) is 0. The lowest BCUT2D eigenvalue weighted by atomic mass is 10.0. The van der Waals surface area contributed by atoms with Crippen LogP contribution in [0.15, 0.2) is 106 Å². The third kappa shape index (κ3) is 5.01. The summed E-state index contributed by atoms with van der Waals surface area (Å²) < 4.78 is 4.59. The van der Waals surface area contributed by atoms with Crippen LogP contribution in [0.2, 0.25) is 5.02 Å². The largest absolute Gasteiger partial charge is 0.439 e. The van der Waals surface area contributed by atoms with Gasteiger partial charge < -0.3 is 15.6 Å². The van der Waals surface area contributed by atoms with Crippen LogP contribution in [0.4, 0.5) is 11.4 Å². The van der Waals surface area contributed by atoms with Crippen molar-refractivity contribution in [3.8, 4) is 22.5 Å². The van der Waals surface area contributed by atoms with Gasteiger partial charge in [-0.15, -0.1) is 0 Å². The Kier molecular flexibility index (Phi) is 6.47. The predicted molar refractivity (Wildman–Crippen MR) is 154 cm³/mol. The van der Waals surface area contributed by atoms with Crippen molar-refractivity contribution in [2.24, 2.45) is 0 Å². The molecule has 0 aliphatic carbocycles. The Morgan fingerprint density at radius 1 is 0.750 bits per heavy atom. The number of H-pyrrole nitrogens is 2. The fraction of sp³-hybridized carbons (Fsp3) is 0. The van der Waals surface area contributed by atoms with Gasteiger partial charge in [-0.2, -0.15) is 0 Å². The number of benzene rings is 4. The lowest BCUT2D eigenvalue weighted by Gasteiger charge is -2.09. The lowest BCUT2D eigenvalue weighted by molar-refractivity contribution is 0.101. The maximum absolute atomic E-state index is 13.2. The minimum atomic E-state index is -0.732. The fourth-order valence-corrected chi connectivity index (χ4v) is 4.55. The topological polar surface area (TPSA) is 133 Å². The Bertz CT molecular complexity index is 1920. The second kappa shape index (κ2) is 10.4. The van der Waals surface area contributed by atoms with Gasteiger partial charge in [-0.05, 0) is 53.6 Å². The third-order valence-electron chi connectivity index (χ3n) is 6.33. The molecule has 10 heteroatoms. The first-order valence-corrected chi connectivity index (χ1v) is 12.6. The number of hydrogen-bond acceptors (Lipinski definition) is 5. The van der Waals surface area contributed by atoms with Gasteiger partial charge in [0.15, 0.2) is 5.82 Å². The molecule has 2 amide bonds. The molecule has 0 fully saturated rings. The number of aromatic nitrogens is 3. The van der Waals surface area contributed by atoms with E-state index in [-0.39, 0.29) is 17.4 Å². The molecule has 0 atom stereocenters. The maximum Gasteiger partial charge on any atom is 0.439 e. The summed E-state index contributed by atoms with van der Waals surface area (Å²) in [5, 5.41) is 10.5. The molecule has 0 spiro atoms. The molecule has 2 aromatic heterocycles. The first-order valence-electron chi connectivity index (χ1n) is 12.2. The molecular weight excluding hydrogens is 530 g/mol. The minimum absolute atomic E-state index is 0.126. The summed E-state index contributed by atoms with van der Waals surface area (Å²) in [6.45, 7) is 0. The van der Waals surface area contributed by atoms with Gasteiger partial charge in [0.25, 0.3) is 11.8 Å². The lowest BCUT2D eigenvalue weighted by Crippen LogP contribution is -2.13. The smallest absolute Gasteiger partial charge is 0.349 e. The zero-order chi connectivity index (χ0) is 27.6. The van der Waals surface area contributed by atoms with Crippen LogP contribution in [0.3, 0.4) is 0 Å². The standard InChI is InChI=1S/C30H20ClN5O4/c31-21-13-14-23(22(16-21)27-35-30(39)40-36-27)33-29(38)25-15-20-7-4-8-24(26(20)32-25)34-28(37)19-11-9-18(10-12-19)17-5-2-1-3-6-17/h1-16,32H,(H,33,38)(H,34,37)(H,35,36,39). The second-order valence-electron chi connectivity index (χ2n) is 8.94. The van der Waals surface area contributed by atoms with Crippen molar-refractivity contribution in [3.63, 3.8) is 0 Å². The van der Waals surface area contributed by atoms with Gasteiger partial charge in [-0.25, -0.2) is 4.79 Å². The van der Waals surface area contributed by atoms with Gasteiger partial charge in [-0.1, -0.05) is 71.4 Å².